The van der Waals surface area contributed by atoms with Crippen molar-refractivity contribution in [3.63, 3.8) is 0 Å². The monoisotopic (exact) mass is 788 g/mol. The standard InChI is InChI=1S/C45H53FN8O4/c1-28-22-53(23-29(2)50-28)24-31-10-15-38(33(18-31)25-54-16-17-57-26-30(54)3)32-6-4-7-37(19-32)58-45-40(20-34(46)21-47-45)44(56)52-36-13-11-35(12-14-36)51-43(55)39-8-5-9-41-42(39)49-27-48-41/h4-10,15,18-21,27-30,35-36,50H,11-14,16-17,22-26H2,1-3H3,(H,48,49)(H,51,55)(H,52,56)/t28-,29?,30?,35-,36+/m0/s1. The van der Waals surface area contributed by atoms with Crippen molar-refractivity contribution in [2.45, 2.75) is 89.8 Å². The van der Waals surface area contributed by atoms with Crippen molar-refractivity contribution < 1.29 is 23.5 Å². The van der Waals surface area contributed by atoms with Gasteiger partial charge in [0.15, 0.2) is 0 Å². The van der Waals surface area contributed by atoms with Crippen LogP contribution in [0.25, 0.3) is 22.2 Å². The molecule has 5 aromatic rings. The fraction of sp³-hybridized carbons (Fsp3) is 0.422. The van der Waals surface area contributed by atoms with Gasteiger partial charge in [0.1, 0.15) is 22.6 Å². The Morgan fingerprint density at radius 1 is 0.879 bits per heavy atom. The van der Waals surface area contributed by atoms with E-state index >= 15 is 0 Å². The second-order valence-electron chi connectivity index (χ2n) is 16.3. The predicted octanol–water partition coefficient (Wildman–Crippen LogP) is 6.43. The summed E-state index contributed by atoms with van der Waals surface area (Å²) in [5, 5.41) is 9.83. The molecule has 2 amide bonds. The van der Waals surface area contributed by atoms with Crippen LogP contribution in [0, 0.1) is 5.82 Å². The Labute approximate surface area is 338 Å². The minimum atomic E-state index is -0.628. The first-order valence-corrected chi connectivity index (χ1v) is 20.5. The van der Waals surface area contributed by atoms with Gasteiger partial charge >= 0.3 is 0 Å². The summed E-state index contributed by atoms with van der Waals surface area (Å²) in [6.07, 6.45) is 5.33. The molecular formula is C45H53FN8O4. The van der Waals surface area contributed by atoms with Crippen LogP contribution in [0.3, 0.4) is 0 Å². The number of hydrogen-bond acceptors (Lipinski definition) is 9. The molecule has 0 radical (unpaired) electrons. The highest BCUT2D eigenvalue weighted by Gasteiger charge is 2.27. The molecule has 304 valence electrons. The lowest BCUT2D eigenvalue weighted by atomic mass is 9.90. The van der Waals surface area contributed by atoms with Crippen LogP contribution in [0.4, 0.5) is 4.39 Å². The van der Waals surface area contributed by atoms with E-state index in [1.54, 1.807) is 12.4 Å². The molecule has 1 saturated carbocycles. The number of nitrogens with one attached hydrogen (secondary N) is 4. The average molecular weight is 789 g/mol. The number of halogens is 1. The number of nitrogens with zero attached hydrogens (tertiary/aromatic N) is 4. The second kappa shape index (κ2) is 17.7. The van der Waals surface area contributed by atoms with Crippen LogP contribution in [0.5, 0.6) is 11.6 Å². The molecule has 2 aromatic heterocycles. The number of H-pyrrole nitrogens is 1. The van der Waals surface area contributed by atoms with Crippen LogP contribution >= 0.6 is 0 Å². The molecule has 1 aliphatic carbocycles. The average Bonchev–Trinajstić information content (AvgIpc) is 3.70. The van der Waals surface area contributed by atoms with Crippen LogP contribution in [0.1, 0.15) is 78.3 Å². The number of piperazine rings is 1. The van der Waals surface area contributed by atoms with Crippen molar-refractivity contribution in [3.8, 4) is 22.8 Å². The molecule has 8 rings (SSSR count). The number of amides is 2. The first kappa shape index (κ1) is 39.6. The van der Waals surface area contributed by atoms with Crippen molar-refractivity contribution >= 4 is 22.8 Å². The summed E-state index contributed by atoms with van der Waals surface area (Å²) in [6, 6.07) is 22.2. The van der Waals surface area contributed by atoms with Crippen LogP contribution < -0.4 is 20.7 Å². The van der Waals surface area contributed by atoms with Gasteiger partial charge in [-0.25, -0.2) is 14.4 Å². The van der Waals surface area contributed by atoms with Crippen LogP contribution in [-0.2, 0) is 17.8 Å². The molecule has 0 bridgehead atoms. The third-order valence-electron chi connectivity index (χ3n) is 11.6. The highest BCUT2D eigenvalue weighted by Crippen LogP contribution is 2.33. The topological polar surface area (TPSA) is 137 Å². The van der Waals surface area contributed by atoms with E-state index in [2.05, 4.69) is 85.7 Å². The van der Waals surface area contributed by atoms with Gasteiger partial charge < -0.3 is 30.4 Å². The molecule has 3 atom stereocenters. The summed E-state index contributed by atoms with van der Waals surface area (Å²) in [4.78, 5) is 43.3. The summed E-state index contributed by atoms with van der Waals surface area (Å²) < 4.78 is 26.7. The van der Waals surface area contributed by atoms with Gasteiger partial charge in [-0.1, -0.05) is 36.4 Å². The van der Waals surface area contributed by atoms with Crippen molar-refractivity contribution in [1.82, 2.24) is 40.7 Å². The molecule has 3 aliphatic rings. The lowest BCUT2D eigenvalue weighted by Gasteiger charge is -2.36. The molecule has 2 aliphatic heterocycles. The van der Waals surface area contributed by atoms with Gasteiger partial charge in [-0.15, -0.1) is 0 Å². The largest absolute Gasteiger partial charge is 0.438 e. The zero-order chi connectivity index (χ0) is 40.2. The smallest absolute Gasteiger partial charge is 0.257 e. The molecule has 0 spiro atoms. The van der Waals surface area contributed by atoms with E-state index < -0.39 is 11.7 Å². The fourth-order valence-corrected chi connectivity index (χ4v) is 8.77. The summed E-state index contributed by atoms with van der Waals surface area (Å²) >= 11 is 0. The lowest BCUT2D eigenvalue weighted by Crippen LogP contribution is -2.53. The third-order valence-corrected chi connectivity index (χ3v) is 11.6. The fourth-order valence-electron chi connectivity index (χ4n) is 8.77. The zero-order valence-electron chi connectivity index (χ0n) is 33.5. The minimum absolute atomic E-state index is 0.0239. The van der Waals surface area contributed by atoms with E-state index in [0.29, 0.717) is 73.9 Å². The van der Waals surface area contributed by atoms with Crippen LogP contribution in [-0.4, -0.2) is 99.6 Å². The number of carbonyl (C=O) groups is 2. The molecule has 13 heteroatoms. The molecule has 4 N–H and O–H groups in total. The predicted molar refractivity (Wildman–Crippen MR) is 221 cm³/mol. The Kier molecular flexibility index (Phi) is 12.1. The zero-order valence-corrected chi connectivity index (χ0v) is 33.5. The van der Waals surface area contributed by atoms with E-state index in [4.69, 9.17) is 9.47 Å². The summed E-state index contributed by atoms with van der Waals surface area (Å²) in [7, 11) is 0. The van der Waals surface area contributed by atoms with Gasteiger partial charge in [-0.2, -0.15) is 0 Å². The third kappa shape index (κ3) is 9.39. The summed E-state index contributed by atoms with van der Waals surface area (Å²) in [6.45, 7) is 12.7. The number of aromatic amines is 1. The Morgan fingerprint density at radius 3 is 2.38 bits per heavy atom. The second-order valence-corrected chi connectivity index (χ2v) is 16.3. The Balaban J connectivity index is 0.949. The van der Waals surface area contributed by atoms with Crippen LogP contribution in [0.2, 0.25) is 0 Å². The number of pyridine rings is 1. The number of fused-ring (bicyclic) bond motifs is 1. The van der Waals surface area contributed by atoms with E-state index in [0.717, 1.165) is 55.6 Å². The number of carbonyl (C=O) groups excluding carboxylic acids is 2. The Morgan fingerprint density at radius 2 is 1.62 bits per heavy atom. The lowest BCUT2D eigenvalue weighted by molar-refractivity contribution is -0.00431. The van der Waals surface area contributed by atoms with E-state index in [1.165, 1.54) is 17.2 Å². The van der Waals surface area contributed by atoms with E-state index in [9.17, 15) is 14.0 Å². The maximum Gasteiger partial charge on any atom is 0.257 e. The summed E-state index contributed by atoms with van der Waals surface area (Å²) in [5.41, 5.74) is 6.57. The SMILES string of the molecule is CC1CN(Cc2ccc(-c3cccc(Oc4ncc(F)cc4C(=O)N[C@H]4CC[C@@H](NC(=O)c5cccc6[nH]cnc56)CC4)c3)c(CN3CCOCC3C)c2)C[C@H](C)N1. The van der Waals surface area contributed by atoms with Crippen LogP contribution in [0.15, 0.2) is 79.3 Å². The molecule has 4 heterocycles. The maximum atomic E-state index is 14.6. The van der Waals surface area contributed by atoms with Crippen molar-refractivity contribution in [2.75, 3.05) is 32.8 Å². The molecule has 12 nitrogen and oxygen atoms in total. The van der Waals surface area contributed by atoms with Gasteiger partial charge in [0.2, 0.25) is 5.88 Å². The normalized spacial score (nSPS) is 23.1. The van der Waals surface area contributed by atoms with Gasteiger partial charge in [0, 0.05) is 62.9 Å². The quantitative estimate of drug-likeness (QED) is 0.119. The highest BCUT2D eigenvalue weighted by atomic mass is 19.1. The van der Waals surface area contributed by atoms with Gasteiger partial charge in [-0.05, 0) is 99.0 Å². The minimum Gasteiger partial charge on any atom is -0.438 e. The first-order chi connectivity index (χ1) is 28.1. The Hall–Kier alpha value is -5.21. The van der Waals surface area contributed by atoms with Crippen molar-refractivity contribution in [1.29, 1.82) is 0 Å². The number of para-hydroxylation sites is 1. The number of imidazole rings is 1. The number of aromatic nitrogens is 3. The Bertz CT molecular complexity index is 2230. The van der Waals surface area contributed by atoms with Gasteiger partial charge in [-0.3, -0.25) is 19.4 Å². The number of rotatable bonds is 11. The van der Waals surface area contributed by atoms with E-state index in [1.807, 2.05) is 30.3 Å². The maximum absolute atomic E-state index is 14.6. The number of morpholine rings is 1. The number of ether oxygens (including phenoxy) is 2. The molecule has 3 fully saturated rings. The summed E-state index contributed by atoms with van der Waals surface area (Å²) in [5.74, 6) is -0.734. The molecule has 3 aromatic carbocycles. The van der Waals surface area contributed by atoms with Gasteiger partial charge in [0.05, 0.1) is 36.8 Å². The first-order valence-electron chi connectivity index (χ1n) is 20.5. The molecule has 58 heavy (non-hydrogen) atoms. The molecular weight excluding hydrogens is 736 g/mol. The highest BCUT2D eigenvalue weighted by molar-refractivity contribution is 6.04. The number of hydrogen-bond donors (Lipinski definition) is 4. The van der Waals surface area contributed by atoms with Gasteiger partial charge in [0.25, 0.3) is 11.8 Å². The molecule has 2 unspecified atom stereocenters. The molecule has 2 saturated heterocycles. The van der Waals surface area contributed by atoms with E-state index in [-0.39, 0.29) is 29.4 Å². The van der Waals surface area contributed by atoms with Crippen molar-refractivity contribution in [2.24, 2.45) is 0 Å². The number of benzene rings is 3. The van der Waals surface area contributed by atoms with Crippen molar-refractivity contribution in [3.05, 3.63) is 107 Å².